The molecule has 1 heterocycles. The van der Waals surface area contributed by atoms with Crippen LogP contribution in [0.1, 0.15) is 5.56 Å². The van der Waals surface area contributed by atoms with Gasteiger partial charge in [0.25, 0.3) is 0 Å². The zero-order valence-corrected chi connectivity index (χ0v) is 9.94. The van der Waals surface area contributed by atoms with E-state index in [0.29, 0.717) is 11.3 Å². The van der Waals surface area contributed by atoms with Crippen molar-refractivity contribution in [2.45, 2.75) is 6.92 Å². The molecule has 0 atom stereocenters. The number of aromatic nitrogens is 2. The van der Waals surface area contributed by atoms with Crippen molar-refractivity contribution in [2.24, 2.45) is 0 Å². The first-order valence-corrected chi connectivity index (χ1v) is 5.69. The number of hydrogen-bond donors (Lipinski definition) is 3. The molecule has 90 valence electrons. The number of rotatable bonds is 1. The third-order valence-electron chi connectivity index (χ3n) is 2.99. The SMILES string of the molecule is Cc1ccc(O)c(-c2n[nH]c3ccc(N)cc23)c1. The van der Waals surface area contributed by atoms with Crippen molar-refractivity contribution in [2.75, 3.05) is 5.73 Å². The number of fused-ring (bicyclic) bond motifs is 1. The highest BCUT2D eigenvalue weighted by molar-refractivity contribution is 5.96. The fraction of sp³-hybridized carbons (Fsp3) is 0.0714. The van der Waals surface area contributed by atoms with E-state index < -0.39 is 0 Å². The molecule has 4 nitrogen and oxygen atoms in total. The van der Waals surface area contributed by atoms with Gasteiger partial charge in [-0.05, 0) is 37.3 Å². The summed E-state index contributed by atoms with van der Waals surface area (Å²) in [6.07, 6.45) is 0. The Balaban J connectivity index is 2.31. The molecule has 0 radical (unpaired) electrons. The van der Waals surface area contributed by atoms with Crippen LogP contribution in [0.2, 0.25) is 0 Å². The third-order valence-corrected chi connectivity index (χ3v) is 2.99. The number of hydrogen-bond acceptors (Lipinski definition) is 3. The van der Waals surface area contributed by atoms with Crippen molar-refractivity contribution >= 4 is 16.6 Å². The number of nitrogens with one attached hydrogen (secondary N) is 1. The van der Waals surface area contributed by atoms with Gasteiger partial charge in [0.15, 0.2) is 0 Å². The topological polar surface area (TPSA) is 74.9 Å². The van der Waals surface area contributed by atoms with Gasteiger partial charge in [0.05, 0.1) is 5.52 Å². The Morgan fingerprint density at radius 2 is 2.00 bits per heavy atom. The normalized spacial score (nSPS) is 10.9. The largest absolute Gasteiger partial charge is 0.507 e. The molecule has 1 aromatic heterocycles. The van der Waals surface area contributed by atoms with Crippen molar-refractivity contribution in [3.8, 4) is 17.0 Å². The number of phenolic OH excluding ortho intramolecular Hbond substituents is 1. The second-order valence-corrected chi connectivity index (χ2v) is 4.40. The van der Waals surface area contributed by atoms with Crippen molar-refractivity contribution < 1.29 is 5.11 Å². The van der Waals surface area contributed by atoms with Crippen LogP contribution >= 0.6 is 0 Å². The smallest absolute Gasteiger partial charge is 0.125 e. The van der Waals surface area contributed by atoms with Gasteiger partial charge in [-0.3, -0.25) is 5.10 Å². The van der Waals surface area contributed by atoms with Gasteiger partial charge in [0.2, 0.25) is 0 Å². The van der Waals surface area contributed by atoms with Crippen LogP contribution in [0.4, 0.5) is 5.69 Å². The molecule has 0 unspecified atom stereocenters. The summed E-state index contributed by atoms with van der Waals surface area (Å²) in [5.41, 5.74) is 9.88. The molecule has 0 amide bonds. The zero-order chi connectivity index (χ0) is 12.7. The molecular formula is C14H13N3O. The number of benzene rings is 2. The van der Waals surface area contributed by atoms with Crippen LogP contribution in [0, 0.1) is 6.92 Å². The van der Waals surface area contributed by atoms with E-state index in [0.717, 1.165) is 22.2 Å². The van der Waals surface area contributed by atoms with Crippen LogP contribution in [0.5, 0.6) is 5.75 Å². The highest BCUT2D eigenvalue weighted by atomic mass is 16.3. The van der Waals surface area contributed by atoms with Crippen molar-refractivity contribution in [1.29, 1.82) is 0 Å². The summed E-state index contributed by atoms with van der Waals surface area (Å²) < 4.78 is 0. The van der Waals surface area contributed by atoms with E-state index in [9.17, 15) is 5.11 Å². The number of phenols is 1. The minimum atomic E-state index is 0.219. The van der Waals surface area contributed by atoms with Gasteiger partial charge < -0.3 is 10.8 Å². The molecular weight excluding hydrogens is 226 g/mol. The minimum absolute atomic E-state index is 0.219. The van der Waals surface area contributed by atoms with E-state index in [1.807, 2.05) is 37.3 Å². The predicted octanol–water partition coefficient (Wildman–Crippen LogP) is 2.83. The summed E-state index contributed by atoms with van der Waals surface area (Å²) in [6.45, 7) is 1.98. The number of aryl methyl sites for hydroxylation is 1. The Morgan fingerprint density at radius 1 is 1.17 bits per heavy atom. The Hall–Kier alpha value is -2.49. The monoisotopic (exact) mass is 239 g/mol. The molecule has 0 saturated heterocycles. The minimum Gasteiger partial charge on any atom is -0.507 e. The predicted molar refractivity (Wildman–Crippen MR) is 72.3 cm³/mol. The summed E-state index contributed by atoms with van der Waals surface area (Å²) in [7, 11) is 0. The summed E-state index contributed by atoms with van der Waals surface area (Å²) >= 11 is 0. The average molecular weight is 239 g/mol. The average Bonchev–Trinajstić information content (AvgIpc) is 2.75. The lowest BCUT2D eigenvalue weighted by Crippen LogP contribution is -1.85. The number of H-pyrrole nitrogens is 1. The lowest BCUT2D eigenvalue weighted by Gasteiger charge is -2.03. The van der Waals surface area contributed by atoms with E-state index in [1.54, 1.807) is 6.07 Å². The van der Waals surface area contributed by atoms with E-state index in [4.69, 9.17) is 5.73 Å². The molecule has 0 aliphatic carbocycles. The lowest BCUT2D eigenvalue weighted by atomic mass is 10.0. The van der Waals surface area contributed by atoms with Gasteiger partial charge in [-0.2, -0.15) is 5.10 Å². The van der Waals surface area contributed by atoms with E-state index in [1.165, 1.54) is 0 Å². The molecule has 0 fully saturated rings. The van der Waals surface area contributed by atoms with Gasteiger partial charge in [0.1, 0.15) is 11.4 Å². The van der Waals surface area contributed by atoms with Gasteiger partial charge >= 0.3 is 0 Å². The maximum Gasteiger partial charge on any atom is 0.125 e. The van der Waals surface area contributed by atoms with Gasteiger partial charge in [0, 0.05) is 16.6 Å². The molecule has 0 saturated carbocycles. The molecule has 3 rings (SSSR count). The second kappa shape index (κ2) is 3.77. The first kappa shape index (κ1) is 10.7. The zero-order valence-electron chi connectivity index (χ0n) is 9.94. The Bertz CT molecular complexity index is 731. The molecule has 4 heteroatoms. The standard InChI is InChI=1S/C14H13N3O/c1-8-2-5-13(18)11(6-8)14-10-7-9(15)3-4-12(10)16-17-14/h2-7,18H,15H2,1H3,(H,16,17). The number of nitrogens with two attached hydrogens (primary N) is 1. The van der Waals surface area contributed by atoms with Crippen molar-refractivity contribution in [3.63, 3.8) is 0 Å². The molecule has 0 bridgehead atoms. The van der Waals surface area contributed by atoms with E-state index >= 15 is 0 Å². The Morgan fingerprint density at radius 3 is 2.83 bits per heavy atom. The number of anilines is 1. The molecule has 2 aromatic carbocycles. The molecule has 0 aliphatic heterocycles. The molecule has 0 aliphatic rings. The van der Waals surface area contributed by atoms with Crippen LogP contribution in [0.25, 0.3) is 22.2 Å². The van der Waals surface area contributed by atoms with Gasteiger partial charge in [-0.1, -0.05) is 11.6 Å². The summed E-state index contributed by atoms with van der Waals surface area (Å²) in [6, 6.07) is 11.0. The van der Waals surface area contributed by atoms with Crippen LogP contribution in [-0.2, 0) is 0 Å². The number of aromatic hydroxyl groups is 1. The molecule has 18 heavy (non-hydrogen) atoms. The Kier molecular flexibility index (Phi) is 2.23. The highest BCUT2D eigenvalue weighted by Crippen LogP contribution is 2.33. The van der Waals surface area contributed by atoms with Crippen LogP contribution in [0.3, 0.4) is 0 Å². The highest BCUT2D eigenvalue weighted by Gasteiger charge is 2.12. The second-order valence-electron chi connectivity index (χ2n) is 4.40. The fourth-order valence-corrected chi connectivity index (χ4v) is 2.08. The van der Waals surface area contributed by atoms with Crippen molar-refractivity contribution in [3.05, 3.63) is 42.0 Å². The van der Waals surface area contributed by atoms with Gasteiger partial charge in [-0.25, -0.2) is 0 Å². The maximum atomic E-state index is 9.95. The van der Waals surface area contributed by atoms with Crippen molar-refractivity contribution in [1.82, 2.24) is 10.2 Å². The third kappa shape index (κ3) is 1.59. The maximum absolute atomic E-state index is 9.95. The molecule has 0 spiro atoms. The molecule has 4 N–H and O–H groups in total. The van der Waals surface area contributed by atoms with Gasteiger partial charge in [-0.15, -0.1) is 0 Å². The first-order chi connectivity index (χ1) is 8.65. The quantitative estimate of drug-likeness (QED) is 0.571. The number of nitrogen functional groups attached to an aromatic ring is 1. The number of aromatic amines is 1. The number of nitrogens with zero attached hydrogens (tertiary/aromatic N) is 1. The lowest BCUT2D eigenvalue weighted by molar-refractivity contribution is 0.477. The summed E-state index contributed by atoms with van der Waals surface area (Å²) in [5.74, 6) is 0.219. The summed E-state index contributed by atoms with van der Waals surface area (Å²) in [5, 5.41) is 18.1. The van der Waals surface area contributed by atoms with E-state index in [-0.39, 0.29) is 5.75 Å². The summed E-state index contributed by atoms with van der Waals surface area (Å²) in [4.78, 5) is 0. The first-order valence-electron chi connectivity index (χ1n) is 5.69. The van der Waals surface area contributed by atoms with E-state index in [2.05, 4.69) is 10.2 Å². The Labute approximate surface area is 104 Å². The van der Waals surface area contributed by atoms with Crippen LogP contribution in [0.15, 0.2) is 36.4 Å². The fourth-order valence-electron chi connectivity index (χ4n) is 2.08. The molecule has 3 aromatic rings. The van der Waals surface area contributed by atoms with Crippen LogP contribution < -0.4 is 5.73 Å². The van der Waals surface area contributed by atoms with Crippen LogP contribution in [-0.4, -0.2) is 15.3 Å².